The van der Waals surface area contributed by atoms with Gasteiger partial charge in [0, 0.05) is 5.88 Å². The van der Waals surface area contributed by atoms with E-state index in [-0.39, 0.29) is 0 Å². The molecule has 114 valence electrons. The molecule has 0 heterocycles. The van der Waals surface area contributed by atoms with Gasteiger partial charge in [0.15, 0.2) is 0 Å². The molecule has 0 N–H and O–H groups in total. The molecule has 2 aromatic rings. The molecular weight excluding hydrogens is 288 g/mol. The number of hydrogen-bond donors (Lipinski definition) is 0. The molecule has 2 rings (SSSR count). The van der Waals surface area contributed by atoms with Gasteiger partial charge in [0.05, 0.1) is 0 Å². The van der Waals surface area contributed by atoms with Crippen molar-refractivity contribution in [2.45, 2.75) is 5.88 Å². The minimum absolute atomic E-state index is 0.558. The molecule has 0 bridgehead atoms. The van der Waals surface area contributed by atoms with Crippen molar-refractivity contribution in [3.05, 3.63) is 110 Å². The van der Waals surface area contributed by atoms with Gasteiger partial charge in [-0.05, 0) is 16.7 Å². The highest BCUT2D eigenvalue weighted by atomic mass is 35.5. The van der Waals surface area contributed by atoms with Crippen LogP contribution in [0.25, 0.3) is 12.2 Å². The van der Waals surface area contributed by atoms with E-state index in [1.165, 1.54) is 5.56 Å². The van der Waals surface area contributed by atoms with Gasteiger partial charge in [0.1, 0.15) is 0 Å². The SMILES string of the molecule is C=CC=C.C=Cc1ccccc1.C=Cc1ccccc1CCl. The second-order valence-corrected chi connectivity index (χ2v) is 4.39. The summed E-state index contributed by atoms with van der Waals surface area (Å²) in [5.41, 5.74) is 3.43. The van der Waals surface area contributed by atoms with Crippen molar-refractivity contribution in [3.63, 3.8) is 0 Å². The van der Waals surface area contributed by atoms with Crippen molar-refractivity contribution in [1.82, 2.24) is 0 Å². The number of rotatable bonds is 4. The lowest BCUT2D eigenvalue weighted by Crippen LogP contribution is -1.81. The van der Waals surface area contributed by atoms with E-state index in [9.17, 15) is 0 Å². The summed E-state index contributed by atoms with van der Waals surface area (Å²) in [6.45, 7) is 14.0. The van der Waals surface area contributed by atoms with Crippen LogP contribution in [0.4, 0.5) is 0 Å². The Bertz CT molecular complexity index is 561. The Labute approximate surface area is 139 Å². The third-order valence-corrected chi connectivity index (χ3v) is 2.91. The van der Waals surface area contributed by atoms with Crippen molar-refractivity contribution in [2.24, 2.45) is 0 Å². The number of hydrogen-bond acceptors (Lipinski definition) is 0. The fourth-order valence-electron chi connectivity index (χ4n) is 1.44. The Kier molecular flexibility index (Phi) is 12.2. The molecule has 22 heavy (non-hydrogen) atoms. The summed E-state index contributed by atoms with van der Waals surface area (Å²) in [5.74, 6) is 0.558. The van der Waals surface area contributed by atoms with Crippen molar-refractivity contribution in [1.29, 1.82) is 0 Å². The predicted octanol–water partition coefficient (Wildman–Crippen LogP) is 6.76. The molecule has 0 atom stereocenters. The number of alkyl halides is 1. The molecule has 0 fully saturated rings. The fourth-order valence-corrected chi connectivity index (χ4v) is 1.69. The van der Waals surface area contributed by atoms with Gasteiger partial charge in [-0.2, -0.15) is 0 Å². The summed E-state index contributed by atoms with van der Waals surface area (Å²) in [6, 6.07) is 18.0. The van der Waals surface area contributed by atoms with Gasteiger partial charge >= 0.3 is 0 Å². The summed E-state index contributed by atoms with van der Waals surface area (Å²) >= 11 is 5.66. The van der Waals surface area contributed by atoms with Crippen LogP contribution < -0.4 is 0 Å². The summed E-state index contributed by atoms with van der Waals surface area (Å²) in [7, 11) is 0. The monoisotopic (exact) mass is 310 g/mol. The van der Waals surface area contributed by atoms with Crippen molar-refractivity contribution < 1.29 is 0 Å². The molecule has 0 saturated carbocycles. The normalized spacial score (nSPS) is 8.23. The molecule has 0 unspecified atom stereocenters. The zero-order valence-electron chi connectivity index (χ0n) is 12.9. The second kappa shape index (κ2) is 13.7. The first-order chi connectivity index (χ1) is 10.7. The van der Waals surface area contributed by atoms with Gasteiger partial charge in [-0.3, -0.25) is 0 Å². The first kappa shape index (κ1) is 19.7. The van der Waals surface area contributed by atoms with Gasteiger partial charge in [0.25, 0.3) is 0 Å². The van der Waals surface area contributed by atoms with E-state index in [0.717, 1.165) is 11.1 Å². The zero-order valence-corrected chi connectivity index (χ0v) is 13.7. The smallest absolute Gasteiger partial charge is 0.0479 e. The van der Waals surface area contributed by atoms with E-state index in [1.54, 1.807) is 12.2 Å². The molecule has 0 spiro atoms. The highest BCUT2D eigenvalue weighted by molar-refractivity contribution is 6.17. The Hall–Kier alpha value is -2.31. The lowest BCUT2D eigenvalue weighted by molar-refractivity contribution is 1.38. The highest BCUT2D eigenvalue weighted by Gasteiger charge is 1.93. The van der Waals surface area contributed by atoms with Crippen LogP contribution in [0.3, 0.4) is 0 Å². The van der Waals surface area contributed by atoms with E-state index in [4.69, 9.17) is 11.6 Å². The van der Waals surface area contributed by atoms with E-state index in [0.29, 0.717) is 5.88 Å². The molecule has 0 aliphatic rings. The lowest BCUT2D eigenvalue weighted by Gasteiger charge is -1.98. The van der Waals surface area contributed by atoms with Crippen LogP contribution in [0, 0.1) is 0 Å². The average molecular weight is 311 g/mol. The first-order valence-corrected chi connectivity index (χ1v) is 7.44. The second-order valence-electron chi connectivity index (χ2n) is 4.12. The molecule has 0 amide bonds. The van der Waals surface area contributed by atoms with Crippen LogP contribution in [0.2, 0.25) is 0 Å². The standard InChI is InChI=1S/C9H9Cl.C8H8.C4H6/c1-2-8-5-3-4-6-9(8)7-10;1-2-8-6-4-3-5-7-8;1-3-4-2/h2-6H,1,7H2;2-7H,1H2;3-4H,1-2H2. The summed E-state index contributed by atoms with van der Waals surface area (Å²) in [5, 5.41) is 0. The average Bonchev–Trinajstić information content (AvgIpc) is 2.63. The summed E-state index contributed by atoms with van der Waals surface area (Å²) in [4.78, 5) is 0. The van der Waals surface area contributed by atoms with Crippen LogP contribution >= 0.6 is 11.6 Å². The minimum Gasteiger partial charge on any atom is -0.122 e. The first-order valence-electron chi connectivity index (χ1n) is 6.90. The van der Waals surface area contributed by atoms with Crippen LogP contribution in [-0.4, -0.2) is 0 Å². The zero-order chi connectivity index (χ0) is 16.6. The van der Waals surface area contributed by atoms with Crippen LogP contribution in [0.5, 0.6) is 0 Å². The van der Waals surface area contributed by atoms with E-state index >= 15 is 0 Å². The Balaban J connectivity index is 0.000000330. The molecule has 1 heteroatoms. The number of benzene rings is 2. The molecule has 0 radical (unpaired) electrons. The third-order valence-electron chi connectivity index (χ3n) is 2.62. The molecule has 0 aromatic heterocycles. The molecule has 0 aliphatic heterocycles. The van der Waals surface area contributed by atoms with Gasteiger partial charge in [-0.25, -0.2) is 0 Å². The maximum absolute atomic E-state index is 5.66. The molecule has 0 nitrogen and oxygen atoms in total. The van der Waals surface area contributed by atoms with Crippen molar-refractivity contribution >= 4 is 23.8 Å². The summed E-state index contributed by atoms with van der Waals surface area (Å²) < 4.78 is 0. The van der Waals surface area contributed by atoms with Crippen molar-refractivity contribution in [2.75, 3.05) is 0 Å². The largest absolute Gasteiger partial charge is 0.122 e. The Morgan fingerprint density at radius 1 is 0.727 bits per heavy atom. The predicted molar refractivity (Wildman–Crippen MR) is 103 cm³/mol. The Morgan fingerprint density at radius 3 is 1.64 bits per heavy atom. The number of halogens is 1. The van der Waals surface area contributed by atoms with Crippen LogP contribution in [-0.2, 0) is 5.88 Å². The van der Waals surface area contributed by atoms with Crippen LogP contribution in [0.1, 0.15) is 16.7 Å². The molecule has 0 aliphatic carbocycles. The molecule has 0 saturated heterocycles. The lowest BCUT2D eigenvalue weighted by atomic mass is 10.1. The third kappa shape index (κ3) is 8.78. The van der Waals surface area contributed by atoms with Gasteiger partial charge < -0.3 is 0 Å². The van der Waals surface area contributed by atoms with Gasteiger partial charge in [0.2, 0.25) is 0 Å². The number of allylic oxidation sites excluding steroid dienone is 2. The highest BCUT2D eigenvalue weighted by Crippen LogP contribution is 2.11. The summed E-state index contributed by atoms with van der Waals surface area (Å²) in [6.07, 6.45) is 6.93. The van der Waals surface area contributed by atoms with Gasteiger partial charge in [-0.1, -0.05) is 105 Å². The Morgan fingerprint density at radius 2 is 1.27 bits per heavy atom. The molecule has 2 aromatic carbocycles. The maximum atomic E-state index is 5.66. The quantitative estimate of drug-likeness (QED) is 0.432. The maximum Gasteiger partial charge on any atom is 0.0479 e. The fraction of sp³-hybridized carbons (Fsp3) is 0.0476. The van der Waals surface area contributed by atoms with E-state index < -0.39 is 0 Å². The topological polar surface area (TPSA) is 0 Å². The van der Waals surface area contributed by atoms with Crippen molar-refractivity contribution in [3.8, 4) is 0 Å². The minimum atomic E-state index is 0.558. The van der Waals surface area contributed by atoms with Crippen LogP contribution in [0.15, 0.2) is 93.1 Å². The van der Waals surface area contributed by atoms with E-state index in [1.807, 2.05) is 66.7 Å². The van der Waals surface area contributed by atoms with Gasteiger partial charge in [-0.15, -0.1) is 11.6 Å². The molecular formula is C21H23Cl. The van der Waals surface area contributed by atoms with E-state index in [2.05, 4.69) is 26.3 Å².